The van der Waals surface area contributed by atoms with E-state index in [9.17, 15) is 0 Å². The van der Waals surface area contributed by atoms with E-state index < -0.39 is 0 Å². The van der Waals surface area contributed by atoms with Crippen LogP contribution in [0.3, 0.4) is 0 Å². The molecule has 1 aliphatic rings. The quantitative estimate of drug-likeness (QED) is 0.180. The molecule has 0 heteroatoms. The van der Waals surface area contributed by atoms with Crippen LogP contribution in [0.15, 0.2) is 127 Å². The highest BCUT2D eigenvalue weighted by atomic mass is 14.4. The first-order valence-electron chi connectivity index (χ1n) is 16.2. The Labute approximate surface area is 265 Å². The van der Waals surface area contributed by atoms with Crippen LogP contribution in [0.5, 0.6) is 0 Å². The van der Waals surface area contributed by atoms with Gasteiger partial charge in [-0.15, -0.1) is 0 Å². The van der Waals surface area contributed by atoms with Crippen LogP contribution in [0.4, 0.5) is 0 Å². The van der Waals surface area contributed by atoms with Crippen molar-refractivity contribution in [2.24, 2.45) is 0 Å². The summed E-state index contributed by atoms with van der Waals surface area (Å²) in [6, 6.07) is 48.5. The Balaban J connectivity index is 1.14. The van der Waals surface area contributed by atoms with E-state index >= 15 is 0 Å². The smallest absolute Gasteiger partial charge is 0.0158 e. The minimum atomic E-state index is 0.0325. The van der Waals surface area contributed by atoms with Crippen LogP contribution in [-0.2, 0) is 10.8 Å². The van der Waals surface area contributed by atoms with E-state index in [-0.39, 0.29) is 10.8 Å². The Morgan fingerprint density at radius 3 is 1.78 bits per heavy atom. The van der Waals surface area contributed by atoms with Crippen LogP contribution in [0.25, 0.3) is 76.5 Å². The molecule has 0 N–H and O–H groups in total. The van der Waals surface area contributed by atoms with Crippen molar-refractivity contribution in [1.29, 1.82) is 0 Å². The second-order valence-corrected chi connectivity index (χ2v) is 14.6. The van der Waals surface area contributed by atoms with Gasteiger partial charge in [-0.05, 0) is 117 Å². The fraction of sp³-hybridized carbons (Fsp3) is 0.156. The summed E-state index contributed by atoms with van der Waals surface area (Å²) in [5, 5.41) is 10.6. The van der Waals surface area contributed by atoms with Gasteiger partial charge >= 0.3 is 0 Å². The molecule has 0 saturated carbocycles. The minimum absolute atomic E-state index is 0.0325. The molecule has 45 heavy (non-hydrogen) atoms. The third-order valence-electron chi connectivity index (χ3n) is 10.5. The van der Waals surface area contributed by atoms with E-state index in [1.165, 1.54) is 93.2 Å². The van der Waals surface area contributed by atoms with Crippen LogP contribution in [-0.4, -0.2) is 0 Å². The monoisotopic (exact) mass is 576 g/mol. The molecular weight excluding hydrogens is 540 g/mol. The summed E-state index contributed by atoms with van der Waals surface area (Å²) in [5.74, 6) is 0. The van der Waals surface area contributed by atoms with Crippen molar-refractivity contribution in [3.05, 3.63) is 144 Å². The molecule has 0 bridgehead atoms. The van der Waals surface area contributed by atoms with Crippen molar-refractivity contribution in [3.63, 3.8) is 0 Å². The number of rotatable bonds is 2. The van der Waals surface area contributed by atoms with E-state index in [1.54, 1.807) is 0 Å². The first-order chi connectivity index (χ1) is 21.7. The lowest BCUT2D eigenvalue weighted by Gasteiger charge is -2.22. The topological polar surface area (TPSA) is 0 Å². The van der Waals surface area contributed by atoms with Crippen molar-refractivity contribution < 1.29 is 0 Å². The Kier molecular flexibility index (Phi) is 5.32. The van der Waals surface area contributed by atoms with Gasteiger partial charge < -0.3 is 0 Å². The molecule has 0 nitrogen and oxygen atoms in total. The highest BCUT2D eigenvalue weighted by molar-refractivity contribution is 6.25. The van der Waals surface area contributed by atoms with Gasteiger partial charge in [0.1, 0.15) is 0 Å². The van der Waals surface area contributed by atoms with Crippen molar-refractivity contribution in [3.8, 4) is 33.4 Å². The molecule has 0 atom stereocenters. The average molecular weight is 577 g/mol. The Bertz CT molecular complexity index is 2460. The zero-order valence-electron chi connectivity index (χ0n) is 26.6. The SMILES string of the molecule is CC(C)(C)c1cc2ccc3ccc(-c4ccc5cc(-c6ccc7c(c6)-c6ccccc6C7(C)C)ccc5c4)c4ccc(c1)c2c34. The van der Waals surface area contributed by atoms with Gasteiger partial charge in [-0.2, -0.15) is 0 Å². The van der Waals surface area contributed by atoms with Gasteiger partial charge in [0, 0.05) is 5.41 Å². The predicted octanol–water partition coefficient (Wildman–Crippen LogP) is 12.7. The Morgan fingerprint density at radius 2 is 1.00 bits per heavy atom. The summed E-state index contributed by atoms with van der Waals surface area (Å²) < 4.78 is 0. The average Bonchev–Trinajstić information content (AvgIpc) is 3.28. The molecule has 0 radical (unpaired) electrons. The van der Waals surface area contributed by atoms with E-state index in [1.807, 2.05) is 0 Å². The highest BCUT2D eigenvalue weighted by Crippen LogP contribution is 2.49. The molecule has 0 saturated heterocycles. The zero-order valence-corrected chi connectivity index (χ0v) is 26.6. The number of benzene rings is 8. The predicted molar refractivity (Wildman–Crippen MR) is 195 cm³/mol. The van der Waals surface area contributed by atoms with Crippen LogP contribution in [0.2, 0.25) is 0 Å². The van der Waals surface area contributed by atoms with Gasteiger partial charge in [0.25, 0.3) is 0 Å². The maximum absolute atomic E-state index is 2.40. The maximum atomic E-state index is 2.40. The summed E-state index contributed by atoms with van der Waals surface area (Å²) >= 11 is 0. The summed E-state index contributed by atoms with van der Waals surface area (Å²) in [6.07, 6.45) is 0. The molecule has 0 aliphatic heterocycles. The van der Waals surface area contributed by atoms with Crippen LogP contribution in [0, 0.1) is 0 Å². The third-order valence-corrected chi connectivity index (χ3v) is 10.5. The fourth-order valence-electron chi connectivity index (χ4n) is 8.00. The minimum Gasteiger partial charge on any atom is -0.0619 e. The van der Waals surface area contributed by atoms with Gasteiger partial charge in [0.2, 0.25) is 0 Å². The molecule has 0 unspecified atom stereocenters. The van der Waals surface area contributed by atoms with Gasteiger partial charge in [-0.1, -0.05) is 144 Å². The van der Waals surface area contributed by atoms with Gasteiger partial charge in [-0.25, -0.2) is 0 Å². The molecule has 0 fully saturated rings. The lowest BCUT2D eigenvalue weighted by molar-refractivity contribution is 0.591. The second-order valence-electron chi connectivity index (χ2n) is 14.6. The molecule has 0 spiro atoms. The molecule has 0 aromatic heterocycles. The number of fused-ring (bicyclic) bond motifs is 4. The van der Waals surface area contributed by atoms with E-state index in [0.717, 1.165) is 0 Å². The van der Waals surface area contributed by atoms with E-state index in [4.69, 9.17) is 0 Å². The maximum Gasteiger partial charge on any atom is 0.0158 e. The standard InChI is InChI=1S/C45H36/c1-44(2,3)35-24-33-15-10-27-16-19-36(38-20-17-34(25-35)42(33)43(27)38)32-14-13-28-22-29(11-12-30(28)23-32)31-18-21-41-39(26-31)37-8-6-7-9-40(37)45(41,4)5/h6-26H,1-5H3. The normalized spacial score (nSPS) is 14.1. The fourth-order valence-corrected chi connectivity index (χ4v) is 8.00. The van der Waals surface area contributed by atoms with E-state index in [0.29, 0.717) is 0 Å². The van der Waals surface area contributed by atoms with Crippen molar-refractivity contribution >= 4 is 43.1 Å². The third kappa shape index (κ3) is 3.85. The first kappa shape index (κ1) is 26.5. The molecule has 8 aromatic carbocycles. The summed E-state index contributed by atoms with van der Waals surface area (Å²) in [6.45, 7) is 11.6. The molecule has 216 valence electrons. The lowest BCUT2D eigenvalue weighted by Crippen LogP contribution is -2.14. The molecule has 9 rings (SSSR count). The zero-order chi connectivity index (χ0) is 30.7. The second kappa shape index (κ2) is 9.05. The highest BCUT2D eigenvalue weighted by Gasteiger charge is 2.35. The van der Waals surface area contributed by atoms with Gasteiger partial charge in [-0.3, -0.25) is 0 Å². The molecule has 0 heterocycles. The summed E-state index contributed by atoms with van der Waals surface area (Å²) in [4.78, 5) is 0. The van der Waals surface area contributed by atoms with Crippen LogP contribution < -0.4 is 0 Å². The van der Waals surface area contributed by atoms with Gasteiger partial charge in [0.15, 0.2) is 0 Å². The largest absolute Gasteiger partial charge is 0.0619 e. The lowest BCUT2D eigenvalue weighted by atomic mass is 9.82. The summed E-state index contributed by atoms with van der Waals surface area (Å²) in [5.41, 5.74) is 12.2. The van der Waals surface area contributed by atoms with Crippen LogP contribution in [0.1, 0.15) is 51.3 Å². The molecule has 0 amide bonds. The summed E-state index contributed by atoms with van der Waals surface area (Å²) in [7, 11) is 0. The molecular formula is C45H36. The Hall–Kier alpha value is -4.94. The molecule has 8 aromatic rings. The molecule has 1 aliphatic carbocycles. The van der Waals surface area contributed by atoms with Crippen molar-refractivity contribution in [2.45, 2.75) is 45.4 Å². The van der Waals surface area contributed by atoms with Crippen molar-refractivity contribution in [2.75, 3.05) is 0 Å². The van der Waals surface area contributed by atoms with Crippen LogP contribution >= 0.6 is 0 Å². The Morgan fingerprint density at radius 1 is 0.422 bits per heavy atom. The first-order valence-corrected chi connectivity index (χ1v) is 16.2. The van der Waals surface area contributed by atoms with Crippen molar-refractivity contribution in [1.82, 2.24) is 0 Å². The van der Waals surface area contributed by atoms with Gasteiger partial charge in [0.05, 0.1) is 0 Å². The number of hydrogen-bond acceptors (Lipinski definition) is 0. The number of hydrogen-bond donors (Lipinski definition) is 0. The van der Waals surface area contributed by atoms with E-state index in [2.05, 4.69) is 162 Å².